The molecule has 1 aliphatic rings. The van der Waals surface area contributed by atoms with Crippen LogP contribution in [0, 0.1) is 5.92 Å². The number of nitrogens with one attached hydrogen (secondary N) is 2. The summed E-state index contributed by atoms with van der Waals surface area (Å²) < 4.78 is 36.1. The van der Waals surface area contributed by atoms with Crippen LogP contribution in [0.5, 0.6) is 0 Å². The molecule has 4 nitrogen and oxygen atoms in total. The van der Waals surface area contributed by atoms with Crippen LogP contribution < -0.4 is 10.6 Å². The Labute approximate surface area is 98.3 Å². The Balaban J connectivity index is 2.22. The smallest absolute Gasteiger partial charge is 0.382 e. The fourth-order valence-corrected chi connectivity index (χ4v) is 1.47. The first-order valence-corrected chi connectivity index (χ1v) is 5.62. The number of rotatable bonds is 4. The summed E-state index contributed by atoms with van der Waals surface area (Å²) in [7, 11) is 1.48. The Bertz CT molecular complexity index is 264. The number of nitrogens with zero attached hydrogens (tertiary/aromatic N) is 1. The normalized spacial score (nSPS) is 19.7. The van der Waals surface area contributed by atoms with E-state index in [-0.39, 0.29) is 0 Å². The average molecular weight is 253 g/mol. The highest BCUT2D eigenvalue weighted by molar-refractivity contribution is 5.79. The second-order valence-corrected chi connectivity index (χ2v) is 4.19. The van der Waals surface area contributed by atoms with Crippen LogP contribution in [0.1, 0.15) is 19.3 Å². The average Bonchev–Trinajstić information content (AvgIpc) is 2.18. The second kappa shape index (κ2) is 6.09. The Kier molecular flexibility index (Phi) is 5.04. The van der Waals surface area contributed by atoms with E-state index in [4.69, 9.17) is 5.11 Å². The molecule has 0 bridgehead atoms. The number of hydrogen-bond donors (Lipinski definition) is 3. The number of hydrogen-bond acceptors (Lipinski definition) is 2. The Morgan fingerprint density at radius 2 is 2.06 bits per heavy atom. The molecule has 1 fully saturated rings. The van der Waals surface area contributed by atoms with Gasteiger partial charge in [0.1, 0.15) is 0 Å². The lowest BCUT2D eigenvalue weighted by Crippen LogP contribution is -2.46. The van der Waals surface area contributed by atoms with Crippen molar-refractivity contribution in [2.24, 2.45) is 10.9 Å². The first kappa shape index (κ1) is 14.1. The van der Waals surface area contributed by atoms with Gasteiger partial charge in [0, 0.05) is 13.6 Å². The SMILES string of the molecule is CN=C(NCC1CCC1)NCC(O)C(F)(F)F. The summed E-state index contributed by atoms with van der Waals surface area (Å²) in [6.45, 7) is 0.121. The van der Waals surface area contributed by atoms with E-state index in [1.165, 1.54) is 13.5 Å². The molecular weight excluding hydrogens is 235 g/mol. The van der Waals surface area contributed by atoms with Gasteiger partial charge in [0.25, 0.3) is 0 Å². The van der Waals surface area contributed by atoms with Crippen LogP contribution in [0.25, 0.3) is 0 Å². The third-order valence-corrected chi connectivity index (χ3v) is 2.85. The molecule has 7 heteroatoms. The number of aliphatic imine (C=N–C) groups is 1. The van der Waals surface area contributed by atoms with E-state index < -0.39 is 18.8 Å². The first-order chi connectivity index (χ1) is 7.93. The highest BCUT2D eigenvalue weighted by atomic mass is 19.4. The zero-order chi connectivity index (χ0) is 12.9. The van der Waals surface area contributed by atoms with Crippen molar-refractivity contribution >= 4 is 5.96 Å². The van der Waals surface area contributed by atoms with Gasteiger partial charge < -0.3 is 15.7 Å². The lowest BCUT2D eigenvalue weighted by molar-refractivity contribution is -0.201. The van der Waals surface area contributed by atoms with Crippen molar-refractivity contribution in [2.75, 3.05) is 20.1 Å². The zero-order valence-electron chi connectivity index (χ0n) is 9.72. The van der Waals surface area contributed by atoms with E-state index >= 15 is 0 Å². The van der Waals surface area contributed by atoms with Crippen molar-refractivity contribution in [1.82, 2.24) is 10.6 Å². The van der Waals surface area contributed by atoms with Gasteiger partial charge in [-0.1, -0.05) is 6.42 Å². The van der Waals surface area contributed by atoms with Gasteiger partial charge in [-0.05, 0) is 18.8 Å². The van der Waals surface area contributed by atoms with Gasteiger partial charge in [0.15, 0.2) is 12.1 Å². The monoisotopic (exact) mass is 253 g/mol. The lowest BCUT2D eigenvalue weighted by atomic mass is 9.85. The lowest BCUT2D eigenvalue weighted by Gasteiger charge is -2.26. The molecule has 1 aliphatic carbocycles. The van der Waals surface area contributed by atoms with Crippen molar-refractivity contribution in [2.45, 2.75) is 31.5 Å². The molecule has 0 aromatic heterocycles. The van der Waals surface area contributed by atoms with Gasteiger partial charge in [0.05, 0.1) is 6.54 Å². The molecule has 0 radical (unpaired) electrons. The summed E-state index contributed by atoms with van der Waals surface area (Å²) in [5.74, 6) is 0.876. The van der Waals surface area contributed by atoms with Crippen molar-refractivity contribution in [3.05, 3.63) is 0 Å². The summed E-state index contributed by atoms with van der Waals surface area (Å²) in [5.41, 5.74) is 0. The summed E-state index contributed by atoms with van der Waals surface area (Å²) in [6, 6.07) is 0. The van der Waals surface area contributed by atoms with Crippen LogP contribution in [-0.4, -0.2) is 43.5 Å². The van der Waals surface area contributed by atoms with Gasteiger partial charge in [-0.15, -0.1) is 0 Å². The number of alkyl halides is 3. The summed E-state index contributed by atoms with van der Waals surface area (Å²) in [6.07, 6.45) is -3.46. The van der Waals surface area contributed by atoms with Crippen molar-refractivity contribution in [3.63, 3.8) is 0 Å². The highest BCUT2D eigenvalue weighted by Gasteiger charge is 2.38. The van der Waals surface area contributed by atoms with Gasteiger partial charge >= 0.3 is 6.18 Å². The van der Waals surface area contributed by atoms with Crippen molar-refractivity contribution in [3.8, 4) is 0 Å². The molecule has 17 heavy (non-hydrogen) atoms. The molecule has 1 unspecified atom stereocenters. The van der Waals surface area contributed by atoms with Crippen LogP contribution in [0.3, 0.4) is 0 Å². The van der Waals surface area contributed by atoms with Crippen LogP contribution in [0.4, 0.5) is 13.2 Å². The zero-order valence-corrected chi connectivity index (χ0v) is 9.72. The second-order valence-electron chi connectivity index (χ2n) is 4.19. The summed E-state index contributed by atoms with van der Waals surface area (Å²) in [5, 5.41) is 14.2. The van der Waals surface area contributed by atoms with E-state index in [9.17, 15) is 13.2 Å². The molecule has 100 valence electrons. The molecule has 0 saturated heterocycles. The first-order valence-electron chi connectivity index (χ1n) is 5.62. The maximum absolute atomic E-state index is 12.0. The number of guanidine groups is 1. The van der Waals surface area contributed by atoms with Crippen molar-refractivity contribution in [1.29, 1.82) is 0 Å². The molecule has 0 aliphatic heterocycles. The molecule has 0 aromatic rings. The minimum Gasteiger partial charge on any atom is -0.382 e. The standard InChI is InChI=1S/C10H18F3N3O/c1-14-9(15-5-7-3-2-4-7)16-6-8(17)10(11,12)13/h7-8,17H,2-6H2,1H3,(H2,14,15,16). The third-order valence-electron chi connectivity index (χ3n) is 2.85. The van der Waals surface area contributed by atoms with Crippen LogP contribution >= 0.6 is 0 Å². The summed E-state index contributed by atoms with van der Waals surface area (Å²) >= 11 is 0. The molecule has 0 heterocycles. The van der Waals surface area contributed by atoms with Crippen LogP contribution in [-0.2, 0) is 0 Å². The van der Waals surface area contributed by atoms with Gasteiger partial charge in [0.2, 0.25) is 0 Å². The Hall–Kier alpha value is -0.980. The quantitative estimate of drug-likeness (QED) is 0.515. The third kappa shape index (κ3) is 4.80. The Morgan fingerprint density at radius 1 is 1.41 bits per heavy atom. The topological polar surface area (TPSA) is 56.7 Å². The Morgan fingerprint density at radius 3 is 2.47 bits per heavy atom. The molecule has 1 atom stereocenters. The van der Waals surface area contributed by atoms with Crippen LogP contribution in [0.2, 0.25) is 0 Å². The number of aliphatic hydroxyl groups excluding tert-OH is 1. The minimum atomic E-state index is -4.60. The molecule has 0 spiro atoms. The van der Waals surface area contributed by atoms with E-state index in [0.717, 1.165) is 12.8 Å². The van der Waals surface area contributed by atoms with E-state index in [2.05, 4.69) is 15.6 Å². The predicted molar refractivity (Wildman–Crippen MR) is 58.8 cm³/mol. The van der Waals surface area contributed by atoms with E-state index in [1.54, 1.807) is 0 Å². The fourth-order valence-electron chi connectivity index (χ4n) is 1.47. The van der Waals surface area contributed by atoms with Gasteiger partial charge in [-0.25, -0.2) is 0 Å². The minimum absolute atomic E-state index is 0.292. The largest absolute Gasteiger partial charge is 0.416 e. The molecule has 1 saturated carbocycles. The predicted octanol–water partition coefficient (Wildman–Crippen LogP) is 0.875. The summed E-state index contributed by atoms with van der Waals surface area (Å²) in [4.78, 5) is 3.79. The molecule has 1 rings (SSSR count). The molecule has 0 aromatic carbocycles. The number of halogens is 3. The van der Waals surface area contributed by atoms with Crippen LogP contribution in [0.15, 0.2) is 4.99 Å². The maximum atomic E-state index is 12.0. The van der Waals surface area contributed by atoms with Gasteiger partial charge in [-0.2, -0.15) is 13.2 Å². The maximum Gasteiger partial charge on any atom is 0.416 e. The van der Waals surface area contributed by atoms with E-state index in [1.807, 2.05) is 0 Å². The molecular formula is C10H18F3N3O. The van der Waals surface area contributed by atoms with Gasteiger partial charge in [-0.3, -0.25) is 4.99 Å². The van der Waals surface area contributed by atoms with Crippen molar-refractivity contribution < 1.29 is 18.3 Å². The fraction of sp³-hybridized carbons (Fsp3) is 0.900. The molecule has 0 amide bonds. The molecule has 3 N–H and O–H groups in total. The highest BCUT2D eigenvalue weighted by Crippen LogP contribution is 2.25. The van der Waals surface area contributed by atoms with E-state index in [0.29, 0.717) is 18.4 Å². The number of aliphatic hydroxyl groups is 1.